The van der Waals surface area contributed by atoms with Crippen LogP contribution in [-0.4, -0.2) is 41.4 Å². The fourth-order valence-electron chi connectivity index (χ4n) is 3.42. The number of hydrogen-bond acceptors (Lipinski definition) is 5. The van der Waals surface area contributed by atoms with E-state index < -0.39 is 10.9 Å². The Morgan fingerprint density at radius 2 is 1.92 bits per heavy atom. The quantitative estimate of drug-likeness (QED) is 0.436. The first-order valence-corrected chi connectivity index (χ1v) is 9.22. The first-order chi connectivity index (χ1) is 12.5. The number of nitrogens with zero attached hydrogens (tertiary/aromatic N) is 2. The molecule has 1 aliphatic heterocycles. The summed E-state index contributed by atoms with van der Waals surface area (Å²) in [5.74, 6) is -0.307. The van der Waals surface area contributed by atoms with Gasteiger partial charge in [0.1, 0.15) is 0 Å². The number of ether oxygens (including phenoxy) is 1. The summed E-state index contributed by atoms with van der Waals surface area (Å²) < 4.78 is 4.92. The number of rotatable bonds is 6. The van der Waals surface area contributed by atoms with Gasteiger partial charge in [0.05, 0.1) is 17.1 Å². The van der Waals surface area contributed by atoms with Crippen molar-refractivity contribution in [1.29, 1.82) is 0 Å². The van der Waals surface area contributed by atoms with Gasteiger partial charge in [-0.1, -0.05) is 19.8 Å². The van der Waals surface area contributed by atoms with E-state index in [1.165, 1.54) is 12.1 Å². The molecule has 0 aliphatic carbocycles. The first kappa shape index (κ1) is 19.9. The molecule has 1 unspecified atom stereocenters. The zero-order chi connectivity index (χ0) is 19.1. The molecule has 1 amide bonds. The maximum absolute atomic E-state index is 12.9. The highest BCUT2D eigenvalue weighted by Gasteiger charge is 2.24. The molecular weight excluding hydrogens is 336 g/mol. The maximum atomic E-state index is 12.9. The van der Waals surface area contributed by atoms with Crippen molar-refractivity contribution in [3.8, 4) is 0 Å². The van der Waals surface area contributed by atoms with Crippen LogP contribution in [0.4, 0.5) is 5.69 Å². The van der Waals surface area contributed by atoms with Gasteiger partial charge in [-0.2, -0.15) is 0 Å². The summed E-state index contributed by atoms with van der Waals surface area (Å²) in [6, 6.07) is 3.77. The number of non-ortho nitro benzene ring substituents is 1. The summed E-state index contributed by atoms with van der Waals surface area (Å²) in [5.41, 5.74) is -0.0862. The molecule has 1 aromatic rings. The predicted octanol–water partition coefficient (Wildman–Crippen LogP) is 3.81. The number of nitro groups is 1. The normalized spacial score (nSPS) is 17.5. The molecule has 0 radical (unpaired) electrons. The third-order valence-electron chi connectivity index (χ3n) is 4.72. The lowest BCUT2D eigenvalue weighted by molar-refractivity contribution is -0.384. The van der Waals surface area contributed by atoms with Crippen LogP contribution < -0.4 is 0 Å². The van der Waals surface area contributed by atoms with Crippen molar-refractivity contribution >= 4 is 17.6 Å². The molecule has 1 fully saturated rings. The minimum atomic E-state index is -0.663. The number of esters is 1. The number of carbonyl (C=O) groups excluding carboxylic acids is 2. The monoisotopic (exact) mass is 362 g/mol. The Kier molecular flexibility index (Phi) is 7.12. The van der Waals surface area contributed by atoms with Gasteiger partial charge >= 0.3 is 5.97 Å². The number of hydrogen-bond donors (Lipinski definition) is 0. The van der Waals surface area contributed by atoms with E-state index in [0.717, 1.165) is 38.2 Å². The van der Waals surface area contributed by atoms with E-state index in [2.05, 4.69) is 6.92 Å². The lowest BCUT2D eigenvalue weighted by Gasteiger charge is -2.21. The zero-order valence-corrected chi connectivity index (χ0v) is 15.4. The van der Waals surface area contributed by atoms with Crippen molar-refractivity contribution in [3.05, 3.63) is 39.4 Å². The van der Waals surface area contributed by atoms with Gasteiger partial charge in [-0.25, -0.2) is 4.79 Å². The lowest BCUT2D eigenvalue weighted by Crippen LogP contribution is -2.32. The number of benzene rings is 1. The third-order valence-corrected chi connectivity index (χ3v) is 4.72. The minimum Gasteiger partial charge on any atom is -0.462 e. The van der Waals surface area contributed by atoms with Crippen LogP contribution in [0.15, 0.2) is 18.2 Å². The van der Waals surface area contributed by atoms with E-state index in [1.807, 2.05) is 0 Å². The molecule has 1 aromatic carbocycles. The van der Waals surface area contributed by atoms with Crippen LogP contribution in [0.25, 0.3) is 0 Å². The molecule has 0 bridgehead atoms. The Labute approximate surface area is 153 Å². The molecule has 142 valence electrons. The highest BCUT2D eigenvalue weighted by Crippen LogP contribution is 2.24. The topological polar surface area (TPSA) is 89.8 Å². The number of amides is 1. The number of likely N-dealkylation sites (tertiary alicyclic amines) is 1. The highest BCUT2D eigenvalue weighted by molar-refractivity contribution is 5.99. The van der Waals surface area contributed by atoms with Crippen molar-refractivity contribution in [2.75, 3.05) is 19.7 Å². The second-order valence-electron chi connectivity index (χ2n) is 6.62. The Hall–Kier alpha value is -2.44. The van der Waals surface area contributed by atoms with Crippen LogP contribution in [0.1, 0.15) is 66.7 Å². The highest BCUT2D eigenvalue weighted by atomic mass is 16.6. The van der Waals surface area contributed by atoms with Crippen LogP contribution in [0.5, 0.6) is 0 Å². The van der Waals surface area contributed by atoms with Crippen LogP contribution in [0.2, 0.25) is 0 Å². The van der Waals surface area contributed by atoms with Gasteiger partial charge in [-0.15, -0.1) is 0 Å². The van der Waals surface area contributed by atoms with Gasteiger partial charge in [-0.05, 0) is 38.2 Å². The molecule has 0 N–H and O–H groups in total. The van der Waals surface area contributed by atoms with E-state index in [0.29, 0.717) is 19.0 Å². The molecule has 7 nitrogen and oxygen atoms in total. The van der Waals surface area contributed by atoms with E-state index in [4.69, 9.17) is 4.74 Å². The standard InChI is InChI=1S/C19H26N2O5/c1-3-6-14-7-5-9-20(10-8-14)18(22)15-11-16(19(23)26-4-2)13-17(12-15)21(24)25/h11-14H,3-10H2,1-2H3. The lowest BCUT2D eigenvalue weighted by atomic mass is 9.96. The molecule has 0 saturated carbocycles. The fraction of sp³-hybridized carbons (Fsp3) is 0.579. The van der Waals surface area contributed by atoms with E-state index in [-0.39, 0.29) is 29.3 Å². The van der Waals surface area contributed by atoms with Crippen molar-refractivity contribution in [2.24, 2.45) is 5.92 Å². The number of nitro benzene ring substituents is 1. The molecule has 2 rings (SSSR count). The van der Waals surface area contributed by atoms with E-state index in [9.17, 15) is 19.7 Å². The molecule has 7 heteroatoms. The second-order valence-corrected chi connectivity index (χ2v) is 6.62. The van der Waals surface area contributed by atoms with Crippen LogP contribution in [-0.2, 0) is 4.74 Å². The van der Waals surface area contributed by atoms with Crippen LogP contribution in [0, 0.1) is 16.0 Å². The molecule has 1 atom stereocenters. The SMILES string of the molecule is CCCC1CCCN(C(=O)c2cc(C(=O)OCC)cc([N+](=O)[O-])c2)CC1. The predicted molar refractivity (Wildman–Crippen MR) is 97.2 cm³/mol. The van der Waals surface area contributed by atoms with Crippen molar-refractivity contribution in [1.82, 2.24) is 4.90 Å². The summed E-state index contributed by atoms with van der Waals surface area (Å²) in [4.78, 5) is 37.2. The molecule has 0 spiro atoms. The van der Waals surface area contributed by atoms with Gasteiger partial charge in [0.15, 0.2) is 0 Å². The largest absolute Gasteiger partial charge is 0.462 e. The third kappa shape index (κ3) is 5.03. The molecule has 1 saturated heterocycles. The molecule has 1 aliphatic rings. The first-order valence-electron chi connectivity index (χ1n) is 9.22. The molecule has 1 heterocycles. The van der Waals surface area contributed by atoms with Crippen molar-refractivity contribution in [2.45, 2.75) is 46.0 Å². The maximum Gasteiger partial charge on any atom is 0.338 e. The van der Waals surface area contributed by atoms with Gasteiger partial charge in [0.25, 0.3) is 11.6 Å². The average Bonchev–Trinajstić information content (AvgIpc) is 2.87. The van der Waals surface area contributed by atoms with Gasteiger partial charge in [0.2, 0.25) is 0 Å². The molecule has 26 heavy (non-hydrogen) atoms. The van der Waals surface area contributed by atoms with Crippen molar-refractivity contribution in [3.63, 3.8) is 0 Å². The van der Waals surface area contributed by atoms with Gasteiger partial charge in [-0.3, -0.25) is 14.9 Å². The summed E-state index contributed by atoms with van der Waals surface area (Å²) in [6.07, 6.45) is 5.26. The Morgan fingerprint density at radius 1 is 1.19 bits per heavy atom. The summed E-state index contributed by atoms with van der Waals surface area (Å²) in [5, 5.41) is 11.2. The van der Waals surface area contributed by atoms with Crippen LogP contribution >= 0.6 is 0 Å². The van der Waals surface area contributed by atoms with Gasteiger partial charge < -0.3 is 9.64 Å². The zero-order valence-electron chi connectivity index (χ0n) is 15.4. The summed E-state index contributed by atoms with van der Waals surface area (Å²) in [6.45, 7) is 5.26. The van der Waals surface area contributed by atoms with Crippen LogP contribution in [0.3, 0.4) is 0 Å². The Balaban J connectivity index is 2.24. The second kappa shape index (κ2) is 9.31. The summed E-state index contributed by atoms with van der Waals surface area (Å²) >= 11 is 0. The summed E-state index contributed by atoms with van der Waals surface area (Å²) in [7, 11) is 0. The molecular formula is C19H26N2O5. The Morgan fingerprint density at radius 3 is 2.58 bits per heavy atom. The van der Waals surface area contributed by atoms with E-state index in [1.54, 1.807) is 11.8 Å². The van der Waals surface area contributed by atoms with E-state index >= 15 is 0 Å². The average molecular weight is 362 g/mol. The smallest absolute Gasteiger partial charge is 0.338 e. The van der Waals surface area contributed by atoms with Crippen molar-refractivity contribution < 1.29 is 19.2 Å². The number of carbonyl (C=O) groups is 2. The minimum absolute atomic E-state index is 0.0306. The van der Waals surface area contributed by atoms with Gasteiger partial charge in [0, 0.05) is 30.8 Å². The molecule has 0 aromatic heterocycles. The fourth-order valence-corrected chi connectivity index (χ4v) is 3.42. The Bertz CT molecular complexity index is 674.